The van der Waals surface area contributed by atoms with Crippen LogP contribution in [0, 0.1) is 0 Å². The third-order valence-electron chi connectivity index (χ3n) is 3.82. The van der Waals surface area contributed by atoms with Gasteiger partial charge in [0.15, 0.2) is 17.5 Å². The molecule has 6 heteroatoms. The Morgan fingerprint density at radius 3 is 1.54 bits per heavy atom. The average molecular weight is 342 g/mol. The van der Waals surface area contributed by atoms with Gasteiger partial charge in [-0.05, 0) is 36.4 Å². The third kappa shape index (κ3) is 2.95. The van der Waals surface area contributed by atoms with E-state index in [-0.39, 0.29) is 11.5 Å². The number of hydrogen-bond donors (Lipinski definition) is 2. The molecule has 0 fully saturated rings. The summed E-state index contributed by atoms with van der Waals surface area (Å²) in [6.07, 6.45) is 1.65. The molecule has 2 N–H and O–H groups in total. The second-order valence-corrected chi connectivity index (χ2v) is 5.56. The number of aromatic nitrogens is 4. The Balaban J connectivity index is 1.97. The first-order valence-corrected chi connectivity index (χ1v) is 7.96. The van der Waals surface area contributed by atoms with Gasteiger partial charge in [-0.3, -0.25) is 4.98 Å². The maximum Gasteiger partial charge on any atom is 0.182 e. The Kier molecular flexibility index (Phi) is 3.99. The lowest BCUT2D eigenvalue weighted by atomic mass is 10.1. The molecule has 0 atom stereocenters. The van der Waals surface area contributed by atoms with E-state index >= 15 is 0 Å². The van der Waals surface area contributed by atoms with E-state index in [4.69, 9.17) is 0 Å². The van der Waals surface area contributed by atoms with Crippen molar-refractivity contribution < 1.29 is 10.2 Å². The van der Waals surface area contributed by atoms with E-state index in [1.807, 2.05) is 6.07 Å². The number of phenolic OH excluding ortho intramolecular Hbond substituents is 2. The van der Waals surface area contributed by atoms with Gasteiger partial charge < -0.3 is 10.2 Å². The summed E-state index contributed by atoms with van der Waals surface area (Å²) in [7, 11) is 0. The van der Waals surface area contributed by atoms with Gasteiger partial charge >= 0.3 is 0 Å². The van der Waals surface area contributed by atoms with Crippen molar-refractivity contribution in [1.29, 1.82) is 0 Å². The molecule has 0 amide bonds. The lowest BCUT2D eigenvalue weighted by molar-refractivity contribution is 0.477. The maximum atomic E-state index is 10.2. The summed E-state index contributed by atoms with van der Waals surface area (Å²) in [5, 5.41) is 20.4. The first kappa shape index (κ1) is 15.7. The topological polar surface area (TPSA) is 92.0 Å². The molecule has 4 rings (SSSR count). The van der Waals surface area contributed by atoms with Crippen molar-refractivity contribution in [1.82, 2.24) is 19.9 Å². The van der Waals surface area contributed by atoms with Crippen LogP contribution in [0.3, 0.4) is 0 Å². The summed E-state index contributed by atoms with van der Waals surface area (Å²) in [5.74, 6) is 1.09. The van der Waals surface area contributed by atoms with Gasteiger partial charge in [0.05, 0.1) is 11.1 Å². The molecule has 126 valence electrons. The quantitative estimate of drug-likeness (QED) is 0.590. The van der Waals surface area contributed by atoms with Crippen molar-refractivity contribution in [2.24, 2.45) is 0 Å². The normalized spacial score (nSPS) is 10.6. The molecule has 0 aliphatic rings. The number of pyridine rings is 1. The van der Waals surface area contributed by atoms with Gasteiger partial charge in [0.25, 0.3) is 0 Å². The first-order valence-electron chi connectivity index (χ1n) is 7.96. The smallest absolute Gasteiger partial charge is 0.182 e. The zero-order chi connectivity index (χ0) is 17.9. The van der Waals surface area contributed by atoms with Crippen molar-refractivity contribution >= 4 is 0 Å². The summed E-state index contributed by atoms with van der Waals surface area (Å²) >= 11 is 0. The molecule has 26 heavy (non-hydrogen) atoms. The molecule has 2 aromatic carbocycles. The van der Waals surface area contributed by atoms with Crippen molar-refractivity contribution in [3.05, 3.63) is 72.9 Å². The van der Waals surface area contributed by atoms with Crippen LogP contribution in [-0.2, 0) is 0 Å². The van der Waals surface area contributed by atoms with E-state index in [0.29, 0.717) is 34.3 Å². The largest absolute Gasteiger partial charge is 0.507 e. The molecule has 0 aliphatic carbocycles. The Morgan fingerprint density at radius 2 is 1.04 bits per heavy atom. The maximum absolute atomic E-state index is 10.2. The Bertz CT molecular complexity index is 1000. The van der Waals surface area contributed by atoms with Gasteiger partial charge in [-0.1, -0.05) is 30.3 Å². The molecule has 0 bridgehead atoms. The molecule has 2 aromatic heterocycles. The van der Waals surface area contributed by atoms with Crippen LogP contribution in [0.1, 0.15) is 0 Å². The van der Waals surface area contributed by atoms with Gasteiger partial charge in [-0.15, -0.1) is 0 Å². The predicted octanol–water partition coefficient (Wildman–Crippen LogP) is 3.68. The summed E-state index contributed by atoms with van der Waals surface area (Å²) < 4.78 is 0. The van der Waals surface area contributed by atoms with Gasteiger partial charge in [-0.25, -0.2) is 15.0 Å². The summed E-state index contributed by atoms with van der Waals surface area (Å²) in [6, 6.07) is 19.1. The Hall–Kier alpha value is -3.80. The lowest BCUT2D eigenvalue weighted by Gasteiger charge is -2.09. The highest BCUT2D eigenvalue weighted by atomic mass is 16.3. The molecule has 6 nitrogen and oxygen atoms in total. The van der Waals surface area contributed by atoms with Gasteiger partial charge in [-0.2, -0.15) is 0 Å². The molecule has 0 saturated heterocycles. The number of para-hydroxylation sites is 2. The van der Waals surface area contributed by atoms with Crippen LogP contribution in [0.15, 0.2) is 72.9 Å². The van der Waals surface area contributed by atoms with E-state index in [1.165, 1.54) is 0 Å². The van der Waals surface area contributed by atoms with Crippen LogP contribution in [0.4, 0.5) is 0 Å². The SMILES string of the molecule is Oc1ccccc1-c1nc(-c2ccccn2)nc(-c2ccccc2O)n1. The van der Waals surface area contributed by atoms with E-state index in [2.05, 4.69) is 19.9 Å². The van der Waals surface area contributed by atoms with Gasteiger partial charge in [0, 0.05) is 6.20 Å². The number of benzene rings is 2. The Morgan fingerprint density at radius 1 is 0.538 bits per heavy atom. The second kappa shape index (κ2) is 6.60. The lowest BCUT2D eigenvalue weighted by Crippen LogP contribution is -2.01. The fraction of sp³-hybridized carbons (Fsp3) is 0. The van der Waals surface area contributed by atoms with E-state index in [0.717, 1.165) is 0 Å². The van der Waals surface area contributed by atoms with E-state index in [1.54, 1.807) is 66.9 Å². The molecule has 0 spiro atoms. The first-order chi connectivity index (χ1) is 12.7. The molecule has 4 aromatic rings. The molecular weight excluding hydrogens is 328 g/mol. The van der Waals surface area contributed by atoms with E-state index < -0.39 is 0 Å². The Labute approximate surface area is 149 Å². The van der Waals surface area contributed by atoms with E-state index in [9.17, 15) is 10.2 Å². The van der Waals surface area contributed by atoms with Crippen molar-refractivity contribution in [2.75, 3.05) is 0 Å². The summed E-state index contributed by atoms with van der Waals surface area (Å²) in [5.41, 5.74) is 1.52. The number of aromatic hydroxyl groups is 2. The second-order valence-electron chi connectivity index (χ2n) is 5.56. The molecule has 0 radical (unpaired) electrons. The van der Waals surface area contributed by atoms with Crippen molar-refractivity contribution in [3.8, 4) is 45.8 Å². The fourth-order valence-electron chi connectivity index (χ4n) is 2.55. The minimum Gasteiger partial charge on any atom is -0.507 e. The molecule has 2 heterocycles. The highest BCUT2D eigenvalue weighted by molar-refractivity contribution is 5.70. The number of rotatable bonds is 3. The zero-order valence-corrected chi connectivity index (χ0v) is 13.6. The molecule has 0 unspecified atom stereocenters. The van der Waals surface area contributed by atoms with Crippen LogP contribution in [0.5, 0.6) is 11.5 Å². The summed E-state index contributed by atoms with van der Waals surface area (Å²) in [6.45, 7) is 0. The minimum absolute atomic E-state index is 0.0638. The van der Waals surface area contributed by atoms with Gasteiger partial charge in [0.2, 0.25) is 0 Å². The molecule has 0 aliphatic heterocycles. The van der Waals surface area contributed by atoms with Crippen LogP contribution >= 0.6 is 0 Å². The van der Waals surface area contributed by atoms with Crippen molar-refractivity contribution in [2.45, 2.75) is 0 Å². The molecule has 0 saturated carbocycles. The summed E-state index contributed by atoms with van der Waals surface area (Å²) in [4.78, 5) is 17.7. The highest BCUT2D eigenvalue weighted by Gasteiger charge is 2.16. The highest BCUT2D eigenvalue weighted by Crippen LogP contribution is 2.31. The fourth-order valence-corrected chi connectivity index (χ4v) is 2.55. The van der Waals surface area contributed by atoms with Crippen molar-refractivity contribution in [3.63, 3.8) is 0 Å². The van der Waals surface area contributed by atoms with Crippen LogP contribution in [-0.4, -0.2) is 30.1 Å². The number of nitrogens with zero attached hydrogens (tertiary/aromatic N) is 4. The number of phenols is 2. The number of hydrogen-bond acceptors (Lipinski definition) is 6. The monoisotopic (exact) mass is 342 g/mol. The standard InChI is InChI=1S/C20H14N4O2/c25-16-10-3-1-7-13(16)18-22-19(14-8-2-4-11-17(14)26)24-20(23-18)15-9-5-6-12-21-15/h1-12,25-26H. The zero-order valence-electron chi connectivity index (χ0n) is 13.6. The van der Waals surface area contributed by atoms with Gasteiger partial charge in [0.1, 0.15) is 17.2 Å². The molecular formula is C20H14N4O2. The van der Waals surface area contributed by atoms with Crippen LogP contribution < -0.4 is 0 Å². The van der Waals surface area contributed by atoms with Crippen LogP contribution in [0.25, 0.3) is 34.3 Å². The van der Waals surface area contributed by atoms with Crippen LogP contribution in [0.2, 0.25) is 0 Å². The predicted molar refractivity (Wildman–Crippen MR) is 97.3 cm³/mol. The minimum atomic E-state index is 0.0638. The average Bonchev–Trinajstić information content (AvgIpc) is 2.69. The third-order valence-corrected chi connectivity index (χ3v) is 3.82.